The summed E-state index contributed by atoms with van der Waals surface area (Å²) >= 11 is 6.20. The number of nitrogens with one attached hydrogen (secondary N) is 1. The Bertz CT molecular complexity index is 1090. The van der Waals surface area contributed by atoms with Crippen LogP contribution in [0.3, 0.4) is 0 Å². The van der Waals surface area contributed by atoms with E-state index >= 15 is 0 Å². The van der Waals surface area contributed by atoms with Gasteiger partial charge in [-0.2, -0.15) is 5.10 Å². The first kappa shape index (κ1) is 19.6. The van der Waals surface area contributed by atoms with Crippen molar-refractivity contribution in [3.8, 4) is 29.2 Å². The van der Waals surface area contributed by atoms with Crippen molar-refractivity contribution in [2.24, 2.45) is 7.05 Å². The van der Waals surface area contributed by atoms with Crippen molar-refractivity contribution in [2.45, 2.75) is 6.92 Å². The molecule has 0 saturated heterocycles. The molecule has 1 N–H and O–H groups in total. The summed E-state index contributed by atoms with van der Waals surface area (Å²) in [5, 5.41) is 7.38. The Morgan fingerprint density at radius 3 is 2.64 bits per heavy atom. The molecule has 1 aromatic heterocycles. The van der Waals surface area contributed by atoms with Gasteiger partial charge in [-0.3, -0.25) is 4.68 Å². The van der Waals surface area contributed by atoms with E-state index in [1.165, 1.54) is 22.9 Å². The Hall–Kier alpha value is -3.11. The molecule has 8 heteroatoms. The second-order valence-electron chi connectivity index (χ2n) is 5.94. The number of halogens is 4. The second-order valence-corrected chi connectivity index (χ2v) is 6.34. The fourth-order valence-electron chi connectivity index (χ4n) is 2.84. The molecule has 0 aliphatic heterocycles. The molecule has 3 aromatic rings. The third kappa shape index (κ3) is 3.78. The first-order valence-electron chi connectivity index (χ1n) is 8.13. The Morgan fingerprint density at radius 2 is 1.96 bits per heavy atom. The van der Waals surface area contributed by atoms with E-state index in [0.29, 0.717) is 22.6 Å². The molecule has 0 radical (unpaired) electrons. The topological polar surface area (TPSA) is 39.1 Å². The number of hydrogen-bond donors (Lipinski definition) is 1. The number of aromatic nitrogens is 2. The van der Waals surface area contributed by atoms with E-state index < -0.39 is 17.5 Å². The third-order valence-corrected chi connectivity index (χ3v) is 4.31. The SMILES string of the molecule is C#CCOc1cc(F)cc(F)c1Nc1c(-c2ccc(F)cc2Cl)c(C)nn1C. The molecule has 0 saturated carbocycles. The molecule has 0 unspecified atom stereocenters. The Kier molecular flexibility index (Phi) is 5.52. The highest BCUT2D eigenvalue weighted by molar-refractivity contribution is 6.33. The number of ether oxygens (including phenoxy) is 1. The van der Waals surface area contributed by atoms with Crippen LogP contribution in [0.25, 0.3) is 11.1 Å². The number of hydrogen-bond acceptors (Lipinski definition) is 3. The molecule has 3 rings (SSSR count). The highest BCUT2D eigenvalue weighted by Crippen LogP contribution is 2.40. The summed E-state index contributed by atoms with van der Waals surface area (Å²) in [5.74, 6) is 0.350. The zero-order chi connectivity index (χ0) is 20.4. The average Bonchev–Trinajstić information content (AvgIpc) is 2.89. The zero-order valence-corrected chi connectivity index (χ0v) is 15.7. The zero-order valence-electron chi connectivity index (χ0n) is 15.0. The number of benzene rings is 2. The van der Waals surface area contributed by atoms with Gasteiger partial charge in [-0.15, -0.1) is 6.42 Å². The number of anilines is 2. The fourth-order valence-corrected chi connectivity index (χ4v) is 3.10. The van der Waals surface area contributed by atoms with Crippen molar-refractivity contribution < 1.29 is 17.9 Å². The molecule has 0 atom stereocenters. The number of aryl methyl sites for hydroxylation is 2. The summed E-state index contributed by atoms with van der Waals surface area (Å²) in [4.78, 5) is 0. The monoisotopic (exact) mass is 405 g/mol. The molecule has 0 bridgehead atoms. The number of rotatable bonds is 5. The first-order chi connectivity index (χ1) is 13.3. The van der Waals surface area contributed by atoms with Crippen molar-refractivity contribution in [3.63, 3.8) is 0 Å². The lowest BCUT2D eigenvalue weighted by atomic mass is 10.1. The van der Waals surface area contributed by atoms with E-state index in [4.69, 9.17) is 22.8 Å². The van der Waals surface area contributed by atoms with Crippen molar-refractivity contribution >= 4 is 23.1 Å². The molecule has 2 aromatic carbocycles. The van der Waals surface area contributed by atoms with E-state index in [0.717, 1.165) is 12.1 Å². The van der Waals surface area contributed by atoms with Crippen molar-refractivity contribution in [1.29, 1.82) is 0 Å². The number of nitrogens with zero attached hydrogens (tertiary/aromatic N) is 2. The predicted octanol–water partition coefficient (Wildman–Crippen LogP) is 5.22. The maximum absolute atomic E-state index is 14.5. The summed E-state index contributed by atoms with van der Waals surface area (Å²) in [6.07, 6.45) is 5.17. The van der Waals surface area contributed by atoms with Gasteiger partial charge in [-0.1, -0.05) is 17.5 Å². The van der Waals surface area contributed by atoms with Crippen molar-refractivity contribution in [2.75, 3.05) is 11.9 Å². The van der Waals surface area contributed by atoms with E-state index in [1.807, 2.05) is 0 Å². The Labute approximate surface area is 164 Å². The molecule has 0 amide bonds. The predicted molar refractivity (Wildman–Crippen MR) is 102 cm³/mol. The van der Waals surface area contributed by atoms with Gasteiger partial charge in [0.15, 0.2) is 5.82 Å². The molecule has 144 valence electrons. The summed E-state index contributed by atoms with van der Waals surface area (Å²) < 4.78 is 48.3. The fraction of sp³-hybridized carbons (Fsp3) is 0.150. The van der Waals surface area contributed by atoms with E-state index in [9.17, 15) is 13.2 Å². The summed E-state index contributed by atoms with van der Waals surface area (Å²) in [6, 6.07) is 5.68. The van der Waals surface area contributed by atoms with Gasteiger partial charge < -0.3 is 10.1 Å². The van der Waals surface area contributed by atoms with Crippen LogP contribution >= 0.6 is 11.6 Å². The lowest BCUT2D eigenvalue weighted by Gasteiger charge is -2.15. The van der Waals surface area contributed by atoms with Crippen LogP contribution in [0.2, 0.25) is 5.02 Å². The Morgan fingerprint density at radius 1 is 1.21 bits per heavy atom. The van der Waals surface area contributed by atoms with Gasteiger partial charge in [0, 0.05) is 30.3 Å². The standard InChI is InChI=1S/C20H15ClF3N3O/c1-4-7-28-17-10-13(23)9-16(24)19(17)25-20-18(11(2)26-27(20)3)14-6-5-12(22)8-15(14)21/h1,5-6,8-10,25H,7H2,2-3H3. The van der Waals surface area contributed by atoms with Gasteiger partial charge in [0.25, 0.3) is 0 Å². The minimum Gasteiger partial charge on any atom is -0.479 e. The van der Waals surface area contributed by atoms with E-state index in [-0.39, 0.29) is 23.1 Å². The highest BCUT2D eigenvalue weighted by Gasteiger charge is 2.21. The summed E-state index contributed by atoms with van der Waals surface area (Å²) in [5.41, 5.74) is 1.51. The van der Waals surface area contributed by atoms with Gasteiger partial charge in [-0.05, 0) is 25.1 Å². The Balaban J connectivity index is 2.14. The minimum atomic E-state index is -0.873. The van der Waals surface area contributed by atoms with Gasteiger partial charge >= 0.3 is 0 Å². The van der Waals surface area contributed by atoms with Crippen LogP contribution in [0.1, 0.15) is 5.69 Å². The van der Waals surface area contributed by atoms with E-state index in [2.05, 4.69) is 16.3 Å². The van der Waals surface area contributed by atoms with Crippen LogP contribution in [0.4, 0.5) is 24.7 Å². The molecule has 0 aliphatic carbocycles. The molecular formula is C20H15ClF3N3O. The van der Waals surface area contributed by atoms with Gasteiger partial charge in [0.1, 0.15) is 35.5 Å². The smallest absolute Gasteiger partial charge is 0.153 e. The molecule has 0 fully saturated rings. The number of terminal acetylenes is 1. The maximum atomic E-state index is 14.5. The average molecular weight is 406 g/mol. The van der Waals surface area contributed by atoms with Crippen LogP contribution in [-0.2, 0) is 7.05 Å². The lowest BCUT2D eigenvalue weighted by molar-refractivity contribution is 0.367. The van der Waals surface area contributed by atoms with E-state index in [1.54, 1.807) is 14.0 Å². The summed E-state index contributed by atoms with van der Waals surface area (Å²) in [6.45, 7) is 1.57. The quantitative estimate of drug-likeness (QED) is 0.591. The van der Waals surface area contributed by atoms with Crippen LogP contribution in [0, 0.1) is 36.7 Å². The highest BCUT2D eigenvalue weighted by atomic mass is 35.5. The third-order valence-electron chi connectivity index (χ3n) is 4.00. The molecular weight excluding hydrogens is 391 g/mol. The van der Waals surface area contributed by atoms with Crippen molar-refractivity contribution in [1.82, 2.24) is 9.78 Å². The second kappa shape index (κ2) is 7.87. The van der Waals surface area contributed by atoms with Crippen molar-refractivity contribution in [3.05, 3.63) is 58.5 Å². The molecule has 4 nitrogen and oxygen atoms in total. The minimum absolute atomic E-state index is 0.0922. The molecule has 28 heavy (non-hydrogen) atoms. The van der Waals surface area contributed by atoms with Crippen LogP contribution in [-0.4, -0.2) is 16.4 Å². The van der Waals surface area contributed by atoms with Crippen LogP contribution in [0.5, 0.6) is 5.75 Å². The van der Waals surface area contributed by atoms with Gasteiger partial charge in [0.05, 0.1) is 10.7 Å². The van der Waals surface area contributed by atoms with Gasteiger partial charge in [-0.25, -0.2) is 13.2 Å². The molecule has 1 heterocycles. The molecule has 0 aliphatic rings. The lowest BCUT2D eigenvalue weighted by Crippen LogP contribution is -2.06. The largest absolute Gasteiger partial charge is 0.479 e. The summed E-state index contributed by atoms with van der Waals surface area (Å²) in [7, 11) is 1.64. The van der Waals surface area contributed by atoms with Crippen LogP contribution in [0.15, 0.2) is 30.3 Å². The first-order valence-corrected chi connectivity index (χ1v) is 8.51. The molecule has 0 spiro atoms. The van der Waals surface area contributed by atoms with Gasteiger partial charge in [0.2, 0.25) is 0 Å². The van der Waals surface area contributed by atoms with Crippen LogP contribution < -0.4 is 10.1 Å². The maximum Gasteiger partial charge on any atom is 0.153 e. The normalized spacial score (nSPS) is 10.6.